The first kappa shape index (κ1) is 19.9. The van der Waals surface area contributed by atoms with E-state index in [0.29, 0.717) is 18.3 Å². The number of unbranched alkanes of at least 4 members (excludes halogenated alkanes) is 1. The number of hydrogen-bond donors (Lipinski definition) is 2. The van der Waals surface area contributed by atoms with Crippen molar-refractivity contribution in [2.75, 3.05) is 6.54 Å². The highest BCUT2D eigenvalue weighted by Crippen LogP contribution is 2.65. The molecule has 0 aromatic carbocycles. The summed E-state index contributed by atoms with van der Waals surface area (Å²) in [6, 6.07) is 0. The minimum Gasteiger partial charge on any atom is -0.393 e. The van der Waals surface area contributed by atoms with Crippen LogP contribution in [0, 0.1) is 34.5 Å². The third-order valence-corrected chi connectivity index (χ3v) is 8.64. The van der Waals surface area contributed by atoms with E-state index in [1.165, 1.54) is 5.57 Å². The lowest BCUT2D eigenvalue weighted by Gasteiger charge is -2.58. The summed E-state index contributed by atoms with van der Waals surface area (Å²) < 4.78 is 0. The summed E-state index contributed by atoms with van der Waals surface area (Å²) in [7, 11) is 0. The number of nitrogens with one attached hydrogen (secondary N) is 1. The Bertz CT molecular complexity index is 725. The lowest BCUT2D eigenvalue weighted by atomic mass is 9.47. The molecule has 4 aliphatic carbocycles. The number of hydrogen-bond acceptors (Lipinski definition) is 3. The number of carbonyl (C=O) groups is 2. The predicted octanol–water partition coefficient (Wildman–Crippen LogP) is 3.80. The molecule has 3 saturated carbocycles. The van der Waals surface area contributed by atoms with Gasteiger partial charge in [0, 0.05) is 23.8 Å². The van der Waals surface area contributed by atoms with E-state index in [9.17, 15) is 14.7 Å². The minimum absolute atomic E-state index is 0.0122. The molecule has 154 valence electrons. The van der Waals surface area contributed by atoms with Gasteiger partial charge in [-0.2, -0.15) is 0 Å². The Morgan fingerprint density at radius 3 is 2.82 bits per heavy atom. The normalized spacial score (nSPS) is 44.4. The van der Waals surface area contributed by atoms with Gasteiger partial charge in [-0.3, -0.25) is 9.59 Å². The molecule has 4 nitrogen and oxygen atoms in total. The number of aliphatic hydroxyl groups is 1. The number of fused-ring (bicyclic) bond motifs is 5. The second-order valence-electron chi connectivity index (χ2n) is 10.1. The fraction of sp³-hybridized carbons (Fsp3) is 0.750. The Morgan fingerprint density at radius 1 is 1.29 bits per heavy atom. The number of amides is 1. The molecule has 4 rings (SSSR count). The molecule has 4 heteroatoms. The molecule has 0 aromatic heterocycles. The van der Waals surface area contributed by atoms with Crippen molar-refractivity contribution in [2.24, 2.45) is 34.5 Å². The predicted molar refractivity (Wildman–Crippen MR) is 109 cm³/mol. The van der Waals surface area contributed by atoms with Gasteiger partial charge < -0.3 is 10.4 Å². The Balaban J connectivity index is 1.59. The number of allylic oxidation sites excluding steroid dienone is 4. The van der Waals surface area contributed by atoms with Crippen LogP contribution in [0.3, 0.4) is 0 Å². The standard InChI is InChI=1S/C24H35NO3/c1-4-5-12-25-22(28)19-9-8-18-17-7-6-15-13-16(26)10-11-23(15,2)21(17)20(27)14-24(18,19)3/h10-11,13,17-21,27H,4-9,12,14H2,1-3H3,(H,25,28). The largest absolute Gasteiger partial charge is 0.393 e. The van der Waals surface area contributed by atoms with E-state index in [1.54, 1.807) is 12.2 Å². The minimum atomic E-state index is -0.429. The molecule has 7 unspecified atom stereocenters. The zero-order chi connectivity index (χ0) is 20.1. The third kappa shape index (κ3) is 2.91. The third-order valence-electron chi connectivity index (χ3n) is 8.64. The number of aliphatic hydroxyl groups excluding tert-OH is 1. The van der Waals surface area contributed by atoms with Crippen molar-refractivity contribution in [3.63, 3.8) is 0 Å². The van der Waals surface area contributed by atoms with Crippen molar-refractivity contribution in [1.82, 2.24) is 5.32 Å². The van der Waals surface area contributed by atoms with Crippen LogP contribution in [0.1, 0.15) is 65.7 Å². The molecular weight excluding hydrogens is 350 g/mol. The van der Waals surface area contributed by atoms with Crippen LogP contribution >= 0.6 is 0 Å². The van der Waals surface area contributed by atoms with Gasteiger partial charge in [-0.25, -0.2) is 0 Å². The lowest BCUT2D eigenvalue weighted by Crippen LogP contribution is -2.57. The Hall–Kier alpha value is -1.42. The van der Waals surface area contributed by atoms with Crippen molar-refractivity contribution in [1.29, 1.82) is 0 Å². The first-order chi connectivity index (χ1) is 13.3. The molecule has 0 aromatic rings. The molecule has 7 atom stereocenters. The van der Waals surface area contributed by atoms with Crippen molar-refractivity contribution in [2.45, 2.75) is 71.8 Å². The van der Waals surface area contributed by atoms with Crippen LogP contribution in [0.5, 0.6) is 0 Å². The smallest absolute Gasteiger partial charge is 0.223 e. The van der Waals surface area contributed by atoms with Gasteiger partial charge in [0.15, 0.2) is 5.78 Å². The van der Waals surface area contributed by atoms with Crippen molar-refractivity contribution >= 4 is 11.7 Å². The maximum absolute atomic E-state index is 12.9. The van der Waals surface area contributed by atoms with Crippen LogP contribution in [0.15, 0.2) is 23.8 Å². The average molecular weight is 386 g/mol. The van der Waals surface area contributed by atoms with Crippen LogP contribution < -0.4 is 5.32 Å². The summed E-state index contributed by atoms with van der Waals surface area (Å²) >= 11 is 0. The van der Waals surface area contributed by atoms with Gasteiger partial charge in [0.25, 0.3) is 0 Å². The molecule has 0 saturated heterocycles. The number of carbonyl (C=O) groups excluding carboxylic acids is 2. The second-order valence-corrected chi connectivity index (χ2v) is 10.1. The molecule has 3 fully saturated rings. The summed E-state index contributed by atoms with van der Waals surface area (Å²) in [6.07, 6.45) is 11.9. The summed E-state index contributed by atoms with van der Waals surface area (Å²) in [5, 5.41) is 14.5. The highest BCUT2D eigenvalue weighted by molar-refractivity contribution is 6.01. The van der Waals surface area contributed by atoms with Crippen LogP contribution in [-0.4, -0.2) is 29.4 Å². The van der Waals surface area contributed by atoms with Gasteiger partial charge in [-0.15, -0.1) is 0 Å². The van der Waals surface area contributed by atoms with Gasteiger partial charge in [-0.1, -0.05) is 38.8 Å². The average Bonchev–Trinajstić information content (AvgIpc) is 2.98. The highest BCUT2D eigenvalue weighted by atomic mass is 16.3. The van der Waals surface area contributed by atoms with Gasteiger partial charge in [-0.05, 0) is 67.9 Å². The SMILES string of the molecule is CCCCNC(=O)C1CCC2C3CCC4=CC(=O)C=CC4(C)C3C(O)CC12C. The molecule has 0 heterocycles. The van der Waals surface area contributed by atoms with E-state index < -0.39 is 6.10 Å². The topological polar surface area (TPSA) is 66.4 Å². The molecule has 0 bridgehead atoms. The first-order valence-corrected chi connectivity index (χ1v) is 11.2. The molecule has 1 amide bonds. The lowest BCUT2D eigenvalue weighted by molar-refractivity contribution is -0.140. The Morgan fingerprint density at radius 2 is 2.07 bits per heavy atom. The van der Waals surface area contributed by atoms with E-state index in [1.807, 2.05) is 0 Å². The van der Waals surface area contributed by atoms with Crippen LogP contribution in [-0.2, 0) is 9.59 Å². The van der Waals surface area contributed by atoms with Gasteiger partial charge in [0.05, 0.1) is 6.10 Å². The van der Waals surface area contributed by atoms with Crippen LogP contribution in [0.4, 0.5) is 0 Å². The van der Waals surface area contributed by atoms with E-state index in [4.69, 9.17) is 0 Å². The fourth-order valence-corrected chi connectivity index (χ4v) is 7.27. The molecule has 2 N–H and O–H groups in total. The molecule has 0 aliphatic heterocycles. The highest BCUT2D eigenvalue weighted by Gasteiger charge is 2.62. The molecule has 0 radical (unpaired) electrons. The van der Waals surface area contributed by atoms with Gasteiger partial charge in [0.1, 0.15) is 0 Å². The van der Waals surface area contributed by atoms with Crippen LogP contribution in [0.25, 0.3) is 0 Å². The summed E-state index contributed by atoms with van der Waals surface area (Å²) in [6.45, 7) is 7.35. The monoisotopic (exact) mass is 385 g/mol. The number of ketones is 1. The summed E-state index contributed by atoms with van der Waals surface area (Å²) in [4.78, 5) is 24.8. The summed E-state index contributed by atoms with van der Waals surface area (Å²) in [5.41, 5.74) is 0.845. The zero-order valence-corrected chi connectivity index (χ0v) is 17.5. The fourth-order valence-electron chi connectivity index (χ4n) is 7.27. The van der Waals surface area contributed by atoms with E-state index >= 15 is 0 Å². The van der Waals surface area contributed by atoms with Crippen molar-refractivity contribution < 1.29 is 14.7 Å². The molecule has 28 heavy (non-hydrogen) atoms. The van der Waals surface area contributed by atoms with E-state index in [-0.39, 0.29) is 34.4 Å². The van der Waals surface area contributed by atoms with Crippen molar-refractivity contribution in [3.8, 4) is 0 Å². The van der Waals surface area contributed by atoms with Crippen molar-refractivity contribution in [3.05, 3.63) is 23.8 Å². The maximum atomic E-state index is 12.9. The Labute approximate surface area is 168 Å². The van der Waals surface area contributed by atoms with E-state index in [0.717, 1.165) is 45.1 Å². The van der Waals surface area contributed by atoms with Crippen LogP contribution in [0.2, 0.25) is 0 Å². The maximum Gasteiger partial charge on any atom is 0.223 e. The quantitative estimate of drug-likeness (QED) is 0.724. The first-order valence-electron chi connectivity index (χ1n) is 11.2. The number of rotatable bonds is 4. The zero-order valence-electron chi connectivity index (χ0n) is 17.5. The molecule has 0 spiro atoms. The van der Waals surface area contributed by atoms with Gasteiger partial charge >= 0.3 is 0 Å². The Kier molecular flexibility index (Phi) is 5.06. The molecule has 4 aliphatic rings. The second kappa shape index (κ2) is 7.12. The van der Waals surface area contributed by atoms with Gasteiger partial charge in [0.2, 0.25) is 5.91 Å². The molecular formula is C24H35NO3. The van der Waals surface area contributed by atoms with E-state index in [2.05, 4.69) is 32.2 Å². The summed E-state index contributed by atoms with van der Waals surface area (Å²) in [5.74, 6) is 1.32.